The first-order chi connectivity index (χ1) is 28.8. The van der Waals surface area contributed by atoms with E-state index in [0.717, 1.165) is 5.69 Å². The van der Waals surface area contributed by atoms with Gasteiger partial charge < -0.3 is 13.9 Å². The van der Waals surface area contributed by atoms with E-state index in [1.807, 2.05) is 0 Å². The molecule has 11 aromatic rings. The lowest BCUT2D eigenvalue weighted by Gasteiger charge is -2.41. The van der Waals surface area contributed by atoms with Gasteiger partial charge in [-0.2, -0.15) is 0 Å². The molecule has 268 valence electrons. The molecule has 13 rings (SSSR count). The predicted octanol–water partition coefficient (Wildman–Crippen LogP) is 12.6. The van der Waals surface area contributed by atoms with Gasteiger partial charge in [-0.3, -0.25) is 0 Å². The third-order valence-electron chi connectivity index (χ3n) is 12.7. The fourth-order valence-electron chi connectivity index (χ4n) is 10.5. The van der Waals surface area contributed by atoms with Crippen LogP contribution in [-0.4, -0.2) is 15.9 Å². The molecule has 0 atom stereocenters. The van der Waals surface area contributed by atoms with Crippen molar-refractivity contribution in [3.63, 3.8) is 0 Å². The lowest BCUT2D eigenvalue weighted by molar-refractivity contribution is 1.18. The van der Waals surface area contributed by atoms with Gasteiger partial charge in [0.15, 0.2) is 0 Å². The van der Waals surface area contributed by atoms with Gasteiger partial charge in [-0.1, -0.05) is 164 Å². The summed E-state index contributed by atoms with van der Waals surface area (Å²) in [5.74, 6) is 0. The molecular formula is C54H34BN3. The van der Waals surface area contributed by atoms with E-state index in [2.05, 4.69) is 220 Å². The van der Waals surface area contributed by atoms with Crippen LogP contribution in [0.15, 0.2) is 206 Å². The molecule has 2 aliphatic rings. The molecular weight excluding hydrogens is 701 g/mol. The molecule has 9 aromatic carbocycles. The van der Waals surface area contributed by atoms with Crippen LogP contribution in [0.3, 0.4) is 0 Å². The summed E-state index contributed by atoms with van der Waals surface area (Å²) in [6.45, 7) is -0.0722. The predicted molar refractivity (Wildman–Crippen MR) is 245 cm³/mol. The van der Waals surface area contributed by atoms with Crippen molar-refractivity contribution in [2.75, 3.05) is 4.90 Å². The average molecular weight is 736 g/mol. The quantitative estimate of drug-likeness (QED) is 0.164. The minimum Gasteiger partial charge on any atom is -0.375 e. The minimum absolute atomic E-state index is 0.0722. The molecule has 3 nitrogen and oxygen atoms in total. The molecule has 2 aliphatic heterocycles. The van der Waals surface area contributed by atoms with E-state index in [0.29, 0.717) is 0 Å². The number of fused-ring (bicyclic) bond motifs is 10. The SMILES string of the molecule is c1ccc(-c2c(-c3ccccc3)n3c4c(cccc24)-c2cccc4c2B3c2ccc3c(ccc5c3c3ccccc3n5-c3ccccc3)c2N4c2ccccc2)cc1. The van der Waals surface area contributed by atoms with Crippen LogP contribution in [-0.2, 0) is 0 Å². The van der Waals surface area contributed by atoms with Gasteiger partial charge in [-0.15, -0.1) is 0 Å². The summed E-state index contributed by atoms with van der Waals surface area (Å²) in [5.41, 5.74) is 18.7. The minimum atomic E-state index is -0.0722. The van der Waals surface area contributed by atoms with Gasteiger partial charge in [0.25, 0.3) is 0 Å². The van der Waals surface area contributed by atoms with Crippen molar-refractivity contribution >= 4 is 78.3 Å². The normalized spacial score (nSPS) is 12.8. The second-order valence-corrected chi connectivity index (χ2v) is 15.6. The molecule has 4 heterocycles. The molecule has 0 unspecified atom stereocenters. The van der Waals surface area contributed by atoms with Crippen molar-refractivity contribution in [3.8, 4) is 39.2 Å². The van der Waals surface area contributed by atoms with Gasteiger partial charge in [-0.25, -0.2) is 0 Å². The number of aromatic nitrogens is 2. The van der Waals surface area contributed by atoms with Gasteiger partial charge in [0, 0.05) is 60.9 Å². The number of rotatable bonds is 4. The van der Waals surface area contributed by atoms with Crippen LogP contribution in [0, 0.1) is 0 Å². The molecule has 0 radical (unpaired) electrons. The fraction of sp³-hybridized carbons (Fsp3) is 0. The monoisotopic (exact) mass is 735 g/mol. The van der Waals surface area contributed by atoms with E-state index in [1.165, 1.54) is 105 Å². The van der Waals surface area contributed by atoms with Crippen LogP contribution in [0.5, 0.6) is 0 Å². The Labute approximate surface area is 336 Å². The topological polar surface area (TPSA) is 13.1 Å². The summed E-state index contributed by atoms with van der Waals surface area (Å²) in [5, 5.41) is 6.31. The number of anilines is 3. The van der Waals surface area contributed by atoms with Gasteiger partial charge in [-0.05, 0) is 75.5 Å². The van der Waals surface area contributed by atoms with Crippen LogP contribution >= 0.6 is 0 Å². The summed E-state index contributed by atoms with van der Waals surface area (Å²) in [7, 11) is 0. The fourth-order valence-corrected chi connectivity index (χ4v) is 10.5. The summed E-state index contributed by atoms with van der Waals surface area (Å²) < 4.78 is 5.12. The number of para-hydroxylation sites is 4. The first-order valence-electron chi connectivity index (χ1n) is 20.2. The van der Waals surface area contributed by atoms with E-state index < -0.39 is 0 Å². The molecule has 0 spiro atoms. The maximum atomic E-state index is 2.70. The highest BCUT2D eigenvalue weighted by molar-refractivity contribution is 6.90. The Morgan fingerprint density at radius 2 is 1.02 bits per heavy atom. The lowest BCUT2D eigenvalue weighted by atomic mass is 9.44. The number of hydrogen-bond donors (Lipinski definition) is 0. The average Bonchev–Trinajstić information content (AvgIpc) is 3.83. The second kappa shape index (κ2) is 12.0. The maximum Gasteiger partial charge on any atom is 0.333 e. The second-order valence-electron chi connectivity index (χ2n) is 15.6. The molecule has 0 bridgehead atoms. The third kappa shape index (κ3) is 4.18. The number of hydrogen-bond acceptors (Lipinski definition) is 1. The first kappa shape index (κ1) is 31.6. The lowest BCUT2D eigenvalue weighted by Crippen LogP contribution is -2.57. The van der Waals surface area contributed by atoms with E-state index in [4.69, 9.17) is 0 Å². The Kier molecular flexibility index (Phi) is 6.53. The summed E-state index contributed by atoms with van der Waals surface area (Å²) in [6, 6.07) is 76.1. The van der Waals surface area contributed by atoms with Crippen molar-refractivity contribution in [3.05, 3.63) is 206 Å². The van der Waals surface area contributed by atoms with Crippen molar-refractivity contribution < 1.29 is 0 Å². The van der Waals surface area contributed by atoms with Crippen molar-refractivity contribution in [1.82, 2.24) is 9.05 Å². The number of benzene rings is 9. The van der Waals surface area contributed by atoms with Crippen LogP contribution in [0.4, 0.5) is 17.1 Å². The largest absolute Gasteiger partial charge is 0.375 e. The standard InChI is InChI=1S/C54H34BN3/c1-5-17-35(18-6-1)49-44-28-15-27-41-40-26-16-30-48-51(40)55(58(53(41)44)52(49)36-19-7-2-8-20-36)45-33-31-39-42(54(45)57(48)38-23-11-4-12-24-38)32-34-47-50(39)43-25-13-14-29-46(43)56(47)37-21-9-3-10-22-37/h1-34H. The molecule has 0 aliphatic carbocycles. The first-order valence-corrected chi connectivity index (χ1v) is 20.2. The Balaban J connectivity index is 1.20. The van der Waals surface area contributed by atoms with E-state index in [9.17, 15) is 0 Å². The van der Waals surface area contributed by atoms with E-state index in [1.54, 1.807) is 0 Å². The highest BCUT2D eigenvalue weighted by Crippen LogP contribution is 2.50. The van der Waals surface area contributed by atoms with E-state index >= 15 is 0 Å². The molecule has 2 aromatic heterocycles. The van der Waals surface area contributed by atoms with Crippen molar-refractivity contribution in [1.29, 1.82) is 0 Å². The highest BCUT2D eigenvalue weighted by Gasteiger charge is 2.44. The Morgan fingerprint density at radius 3 is 1.79 bits per heavy atom. The molecule has 0 saturated carbocycles. The molecule has 0 fully saturated rings. The van der Waals surface area contributed by atoms with Gasteiger partial charge in [0.1, 0.15) is 0 Å². The maximum absolute atomic E-state index is 2.70. The number of nitrogens with zero attached hydrogens (tertiary/aromatic N) is 3. The zero-order valence-corrected chi connectivity index (χ0v) is 31.5. The van der Waals surface area contributed by atoms with Crippen LogP contribution in [0.25, 0.3) is 82.7 Å². The zero-order chi connectivity index (χ0) is 37.9. The van der Waals surface area contributed by atoms with Crippen LogP contribution in [0.2, 0.25) is 0 Å². The third-order valence-corrected chi connectivity index (χ3v) is 12.7. The van der Waals surface area contributed by atoms with Crippen molar-refractivity contribution in [2.45, 2.75) is 0 Å². The molecule has 0 saturated heterocycles. The molecule has 58 heavy (non-hydrogen) atoms. The van der Waals surface area contributed by atoms with Gasteiger partial charge in [0.05, 0.1) is 16.7 Å². The van der Waals surface area contributed by atoms with Crippen LogP contribution < -0.4 is 15.8 Å². The van der Waals surface area contributed by atoms with Crippen LogP contribution in [0.1, 0.15) is 0 Å². The summed E-state index contributed by atoms with van der Waals surface area (Å²) in [4.78, 5) is 2.55. The summed E-state index contributed by atoms with van der Waals surface area (Å²) >= 11 is 0. The zero-order valence-electron chi connectivity index (χ0n) is 31.5. The van der Waals surface area contributed by atoms with Gasteiger partial charge in [0.2, 0.25) is 0 Å². The van der Waals surface area contributed by atoms with E-state index in [-0.39, 0.29) is 6.85 Å². The Morgan fingerprint density at radius 1 is 0.397 bits per heavy atom. The Bertz CT molecular complexity index is 3440. The highest BCUT2D eigenvalue weighted by atomic mass is 15.2. The van der Waals surface area contributed by atoms with Gasteiger partial charge >= 0.3 is 6.85 Å². The summed E-state index contributed by atoms with van der Waals surface area (Å²) in [6.07, 6.45) is 0. The molecule has 0 amide bonds. The molecule has 0 N–H and O–H groups in total. The smallest absolute Gasteiger partial charge is 0.333 e. The van der Waals surface area contributed by atoms with Crippen molar-refractivity contribution in [2.24, 2.45) is 0 Å². The molecule has 4 heteroatoms. The Hall–Kier alpha value is -7.56.